The third-order valence-electron chi connectivity index (χ3n) is 3.01. The molecule has 112 valence electrons. The summed E-state index contributed by atoms with van der Waals surface area (Å²) in [4.78, 5) is 16.6. The molecule has 4 nitrogen and oxygen atoms in total. The highest BCUT2D eigenvalue weighted by Gasteiger charge is 2.18. The fourth-order valence-corrected chi connectivity index (χ4v) is 2.86. The molecular formula is C16H13ClN2O2S. The van der Waals surface area contributed by atoms with E-state index in [-0.39, 0.29) is 11.2 Å². The van der Waals surface area contributed by atoms with Crippen LogP contribution in [0, 0.1) is 0 Å². The lowest BCUT2D eigenvalue weighted by molar-refractivity contribution is -0.115. The molecule has 0 aliphatic carbocycles. The molecule has 6 heteroatoms. The minimum Gasteiger partial charge on any atom is -0.431 e. The second-order valence-electron chi connectivity index (χ2n) is 4.71. The largest absolute Gasteiger partial charge is 0.431 e. The monoisotopic (exact) mass is 332 g/mol. The molecule has 0 spiro atoms. The van der Waals surface area contributed by atoms with Crippen LogP contribution in [-0.2, 0) is 4.79 Å². The SMILES string of the molecule is C[C@@H](Sc1nc2ccccc2o1)C(=O)Nc1cccc(Cl)c1. The normalized spacial score (nSPS) is 12.3. The topological polar surface area (TPSA) is 55.1 Å². The van der Waals surface area contributed by atoms with Gasteiger partial charge in [-0.25, -0.2) is 4.98 Å². The van der Waals surface area contributed by atoms with Gasteiger partial charge in [-0.05, 0) is 37.3 Å². The van der Waals surface area contributed by atoms with Crippen molar-refractivity contribution in [2.45, 2.75) is 17.4 Å². The molecule has 0 aliphatic heterocycles. The number of para-hydroxylation sites is 2. The van der Waals surface area contributed by atoms with Gasteiger partial charge in [-0.15, -0.1) is 0 Å². The summed E-state index contributed by atoms with van der Waals surface area (Å²) < 4.78 is 5.61. The molecule has 1 amide bonds. The Hall–Kier alpha value is -1.98. The molecule has 0 aliphatic rings. The van der Waals surface area contributed by atoms with Gasteiger partial charge in [0, 0.05) is 10.7 Å². The van der Waals surface area contributed by atoms with Crippen LogP contribution in [0.5, 0.6) is 0 Å². The second kappa shape index (κ2) is 6.42. The van der Waals surface area contributed by atoms with E-state index in [1.807, 2.05) is 24.3 Å². The van der Waals surface area contributed by atoms with Crippen molar-refractivity contribution < 1.29 is 9.21 Å². The molecule has 0 saturated carbocycles. The average Bonchev–Trinajstić information content (AvgIpc) is 2.89. The number of carbonyl (C=O) groups is 1. The number of nitrogens with one attached hydrogen (secondary N) is 1. The van der Waals surface area contributed by atoms with Gasteiger partial charge in [-0.2, -0.15) is 0 Å². The van der Waals surface area contributed by atoms with Gasteiger partial charge in [0.25, 0.3) is 5.22 Å². The van der Waals surface area contributed by atoms with E-state index >= 15 is 0 Å². The maximum atomic E-state index is 12.2. The standard InChI is InChI=1S/C16H13ClN2O2S/c1-10(15(20)18-12-6-4-5-11(17)9-12)22-16-19-13-7-2-3-8-14(13)21-16/h2-10H,1H3,(H,18,20)/t10-/m1/s1. The van der Waals surface area contributed by atoms with Gasteiger partial charge in [-0.3, -0.25) is 4.79 Å². The zero-order valence-electron chi connectivity index (χ0n) is 11.7. The number of fused-ring (bicyclic) bond motifs is 1. The highest BCUT2D eigenvalue weighted by atomic mass is 35.5. The molecule has 0 fully saturated rings. The van der Waals surface area contributed by atoms with Crippen LogP contribution in [0.2, 0.25) is 5.02 Å². The van der Waals surface area contributed by atoms with Crippen LogP contribution in [0.3, 0.4) is 0 Å². The molecule has 0 saturated heterocycles. The van der Waals surface area contributed by atoms with Crippen LogP contribution >= 0.6 is 23.4 Å². The van der Waals surface area contributed by atoms with Crippen molar-refractivity contribution in [3.05, 3.63) is 53.6 Å². The number of oxazole rings is 1. The fourth-order valence-electron chi connectivity index (χ4n) is 1.92. The molecule has 1 atom stereocenters. The number of benzene rings is 2. The van der Waals surface area contributed by atoms with Gasteiger partial charge in [0.15, 0.2) is 5.58 Å². The molecule has 1 N–H and O–H groups in total. The first-order valence-corrected chi connectivity index (χ1v) is 7.96. The number of amides is 1. The number of anilines is 1. The number of thioether (sulfide) groups is 1. The quantitative estimate of drug-likeness (QED) is 0.709. The summed E-state index contributed by atoms with van der Waals surface area (Å²) >= 11 is 7.18. The Kier molecular flexibility index (Phi) is 4.36. The molecule has 3 aromatic rings. The molecule has 1 heterocycles. The van der Waals surface area contributed by atoms with Crippen molar-refractivity contribution in [1.82, 2.24) is 4.98 Å². The molecule has 0 radical (unpaired) electrons. The number of hydrogen-bond acceptors (Lipinski definition) is 4. The van der Waals surface area contributed by atoms with Crippen LogP contribution < -0.4 is 5.32 Å². The van der Waals surface area contributed by atoms with E-state index in [0.29, 0.717) is 21.5 Å². The van der Waals surface area contributed by atoms with E-state index in [1.165, 1.54) is 11.8 Å². The lowest BCUT2D eigenvalue weighted by Crippen LogP contribution is -2.22. The van der Waals surface area contributed by atoms with Gasteiger partial charge in [0.2, 0.25) is 5.91 Å². The van der Waals surface area contributed by atoms with Crippen LogP contribution in [0.15, 0.2) is 58.2 Å². The van der Waals surface area contributed by atoms with Crippen molar-refractivity contribution >= 4 is 46.1 Å². The van der Waals surface area contributed by atoms with Crippen molar-refractivity contribution in [3.63, 3.8) is 0 Å². The minimum absolute atomic E-state index is 0.130. The maximum absolute atomic E-state index is 12.2. The van der Waals surface area contributed by atoms with Gasteiger partial charge in [0.05, 0.1) is 5.25 Å². The lowest BCUT2D eigenvalue weighted by Gasteiger charge is -2.10. The molecule has 0 bridgehead atoms. The highest BCUT2D eigenvalue weighted by molar-refractivity contribution is 8.00. The molecule has 0 unspecified atom stereocenters. The van der Waals surface area contributed by atoms with Crippen molar-refractivity contribution in [3.8, 4) is 0 Å². The predicted molar refractivity (Wildman–Crippen MR) is 89.4 cm³/mol. The first kappa shape index (κ1) is 14.9. The Bertz CT molecular complexity index is 786. The third-order valence-corrected chi connectivity index (χ3v) is 4.19. The van der Waals surface area contributed by atoms with Crippen molar-refractivity contribution in [1.29, 1.82) is 0 Å². The van der Waals surface area contributed by atoms with Crippen LogP contribution in [0.1, 0.15) is 6.92 Å². The minimum atomic E-state index is -0.341. The summed E-state index contributed by atoms with van der Waals surface area (Å²) in [6.07, 6.45) is 0. The molecular weight excluding hydrogens is 320 g/mol. The van der Waals surface area contributed by atoms with Gasteiger partial charge in [-0.1, -0.05) is 41.6 Å². The van der Waals surface area contributed by atoms with Crippen molar-refractivity contribution in [2.24, 2.45) is 0 Å². The Labute approximate surface area is 136 Å². The van der Waals surface area contributed by atoms with Gasteiger partial charge >= 0.3 is 0 Å². The zero-order chi connectivity index (χ0) is 15.5. The van der Waals surface area contributed by atoms with E-state index in [4.69, 9.17) is 16.0 Å². The Morgan fingerprint density at radius 2 is 2.09 bits per heavy atom. The maximum Gasteiger partial charge on any atom is 0.257 e. The predicted octanol–water partition coefficient (Wildman–Crippen LogP) is 4.60. The van der Waals surface area contributed by atoms with Crippen LogP contribution in [-0.4, -0.2) is 16.1 Å². The summed E-state index contributed by atoms with van der Waals surface area (Å²) in [6, 6.07) is 14.6. The Morgan fingerprint density at radius 1 is 1.27 bits per heavy atom. The zero-order valence-corrected chi connectivity index (χ0v) is 13.3. The number of carbonyl (C=O) groups excluding carboxylic acids is 1. The summed E-state index contributed by atoms with van der Waals surface area (Å²) in [6.45, 7) is 1.80. The lowest BCUT2D eigenvalue weighted by atomic mass is 10.3. The summed E-state index contributed by atoms with van der Waals surface area (Å²) in [5.41, 5.74) is 2.17. The average molecular weight is 333 g/mol. The number of hydrogen-bond donors (Lipinski definition) is 1. The van der Waals surface area contributed by atoms with E-state index in [9.17, 15) is 4.79 Å². The summed E-state index contributed by atoms with van der Waals surface area (Å²) in [5.74, 6) is -0.130. The van der Waals surface area contributed by atoms with E-state index in [0.717, 1.165) is 5.52 Å². The van der Waals surface area contributed by atoms with E-state index in [2.05, 4.69) is 10.3 Å². The summed E-state index contributed by atoms with van der Waals surface area (Å²) in [7, 11) is 0. The van der Waals surface area contributed by atoms with E-state index in [1.54, 1.807) is 31.2 Å². The molecule has 1 aromatic heterocycles. The summed E-state index contributed by atoms with van der Waals surface area (Å²) in [5, 5.41) is 3.54. The Balaban J connectivity index is 1.68. The molecule has 2 aromatic carbocycles. The third kappa shape index (κ3) is 3.43. The van der Waals surface area contributed by atoms with E-state index < -0.39 is 0 Å². The van der Waals surface area contributed by atoms with Crippen LogP contribution in [0.25, 0.3) is 11.1 Å². The molecule has 3 rings (SSSR count). The fraction of sp³-hybridized carbons (Fsp3) is 0.125. The number of rotatable bonds is 4. The number of halogens is 1. The van der Waals surface area contributed by atoms with Gasteiger partial charge in [0.1, 0.15) is 5.52 Å². The molecule has 22 heavy (non-hydrogen) atoms. The number of aromatic nitrogens is 1. The first-order valence-electron chi connectivity index (χ1n) is 6.70. The van der Waals surface area contributed by atoms with Crippen molar-refractivity contribution in [2.75, 3.05) is 5.32 Å². The van der Waals surface area contributed by atoms with Gasteiger partial charge < -0.3 is 9.73 Å². The Morgan fingerprint density at radius 3 is 2.86 bits per heavy atom. The smallest absolute Gasteiger partial charge is 0.257 e. The second-order valence-corrected chi connectivity index (χ2v) is 6.44. The van der Waals surface area contributed by atoms with Crippen LogP contribution in [0.4, 0.5) is 5.69 Å². The first-order chi connectivity index (χ1) is 10.6. The number of nitrogens with zero attached hydrogens (tertiary/aromatic N) is 1. The highest BCUT2D eigenvalue weighted by Crippen LogP contribution is 2.27.